The molecule has 0 spiro atoms. The lowest BCUT2D eigenvalue weighted by atomic mass is 9.94. The quantitative estimate of drug-likeness (QED) is 0.479. The number of nitrogens with zero attached hydrogens (tertiary/aromatic N) is 2. The third-order valence-electron chi connectivity index (χ3n) is 5.40. The monoisotopic (exact) mass is 314 g/mol. The maximum atomic E-state index is 10.9. The van der Waals surface area contributed by atoms with Crippen molar-refractivity contribution in [1.29, 1.82) is 0 Å². The molecule has 2 aliphatic rings. The minimum Gasteiger partial charge on any atom is -0.287 e. The molecule has 1 N–H and O–H groups in total. The van der Waals surface area contributed by atoms with E-state index in [1.807, 2.05) is 6.07 Å². The van der Waals surface area contributed by atoms with E-state index in [2.05, 4.69) is 25.1 Å². The third kappa shape index (κ3) is 4.14. The zero-order chi connectivity index (χ0) is 16.1. The molecule has 0 bridgehead atoms. The highest BCUT2D eigenvalue weighted by Crippen LogP contribution is 2.26. The molecular formula is C20H30N2O. The van der Waals surface area contributed by atoms with Crippen molar-refractivity contribution in [1.82, 2.24) is 5.06 Å². The van der Waals surface area contributed by atoms with Gasteiger partial charge < -0.3 is 0 Å². The maximum absolute atomic E-state index is 10.9. The Labute approximate surface area is 140 Å². The molecule has 2 saturated carbocycles. The summed E-state index contributed by atoms with van der Waals surface area (Å²) in [6.07, 6.45) is 12.1. The minimum atomic E-state index is 0.227. The lowest BCUT2D eigenvalue weighted by Gasteiger charge is -2.33. The van der Waals surface area contributed by atoms with Crippen molar-refractivity contribution in [3.05, 3.63) is 35.4 Å². The lowest BCUT2D eigenvalue weighted by Crippen LogP contribution is -2.40. The Bertz CT molecular complexity index is 528. The molecule has 3 nitrogen and oxygen atoms in total. The highest BCUT2D eigenvalue weighted by atomic mass is 16.5. The van der Waals surface area contributed by atoms with Gasteiger partial charge in [0.05, 0.1) is 12.1 Å². The topological polar surface area (TPSA) is 35.8 Å². The van der Waals surface area contributed by atoms with Crippen molar-refractivity contribution in [2.75, 3.05) is 0 Å². The molecule has 0 heterocycles. The number of aryl methyl sites for hydroxylation is 1. The Kier molecular flexibility index (Phi) is 5.71. The first-order valence-electron chi connectivity index (χ1n) is 9.37. The van der Waals surface area contributed by atoms with Gasteiger partial charge in [0.25, 0.3) is 0 Å². The number of aliphatic imine (C=N–C) groups is 1. The van der Waals surface area contributed by atoms with Gasteiger partial charge in [-0.25, -0.2) is 5.06 Å². The maximum Gasteiger partial charge on any atom is 0.155 e. The van der Waals surface area contributed by atoms with Gasteiger partial charge in [0.2, 0.25) is 0 Å². The summed E-state index contributed by atoms with van der Waals surface area (Å²) in [6, 6.07) is 8.92. The summed E-state index contributed by atoms with van der Waals surface area (Å²) >= 11 is 0. The lowest BCUT2D eigenvalue weighted by molar-refractivity contribution is -0.0639. The average molecular weight is 314 g/mol. The second-order valence-electron chi connectivity index (χ2n) is 7.20. The van der Waals surface area contributed by atoms with Crippen LogP contribution in [0.1, 0.15) is 75.3 Å². The van der Waals surface area contributed by atoms with Gasteiger partial charge in [-0.15, -0.1) is 0 Å². The van der Waals surface area contributed by atoms with Gasteiger partial charge in [0, 0.05) is 5.56 Å². The number of hydrogen-bond acceptors (Lipinski definition) is 2. The Morgan fingerprint density at radius 2 is 1.57 bits per heavy atom. The van der Waals surface area contributed by atoms with Gasteiger partial charge in [-0.2, -0.15) is 0 Å². The number of hydroxylamine groups is 2. The average Bonchev–Trinajstić information content (AvgIpc) is 2.61. The fourth-order valence-electron chi connectivity index (χ4n) is 3.96. The number of amidine groups is 1. The van der Waals surface area contributed by atoms with Gasteiger partial charge in [0.15, 0.2) is 5.84 Å². The van der Waals surface area contributed by atoms with Crippen LogP contribution in [-0.4, -0.2) is 28.2 Å². The fourth-order valence-corrected chi connectivity index (χ4v) is 3.96. The van der Waals surface area contributed by atoms with Crippen LogP contribution in [0.15, 0.2) is 29.3 Å². The predicted molar refractivity (Wildman–Crippen MR) is 95.1 cm³/mol. The van der Waals surface area contributed by atoms with Crippen molar-refractivity contribution in [2.45, 2.75) is 83.2 Å². The van der Waals surface area contributed by atoms with E-state index in [1.165, 1.54) is 49.2 Å². The molecule has 0 saturated heterocycles. The molecule has 0 unspecified atom stereocenters. The molecule has 0 aromatic heterocycles. The zero-order valence-electron chi connectivity index (χ0n) is 14.4. The normalized spacial score (nSPS) is 21.4. The van der Waals surface area contributed by atoms with Gasteiger partial charge in [0.1, 0.15) is 0 Å². The van der Waals surface area contributed by atoms with E-state index < -0.39 is 0 Å². The second kappa shape index (κ2) is 7.96. The molecule has 23 heavy (non-hydrogen) atoms. The van der Waals surface area contributed by atoms with Crippen LogP contribution in [0, 0.1) is 6.92 Å². The van der Waals surface area contributed by atoms with Crippen molar-refractivity contribution in [3.8, 4) is 0 Å². The van der Waals surface area contributed by atoms with Gasteiger partial charge in [-0.3, -0.25) is 10.2 Å². The second-order valence-corrected chi connectivity index (χ2v) is 7.20. The highest BCUT2D eigenvalue weighted by Gasteiger charge is 2.25. The molecule has 2 fully saturated rings. The van der Waals surface area contributed by atoms with E-state index in [1.54, 1.807) is 0 Å². The summed E-state index contributed by atoms with van der Waals surface area (Å²) in [5, 5.41) is 12.5. The van der Waals surface area contributed by atoms with Crippen molar-refractivity contribution < 1.29 is 5.21 Å². The molecule has 0 amide bonds. The van der Waals surface area contributed by atoms with E-state index in [0.717, 1.165) is 37.1 Å². The van der Waals surface area contributed by atoms with Crippen molar-refractivity contribution in [2.24, 2.45) is 4.99 Å². The van der Waals surface area contributed by atoms with E-state index in [0.29, 0.717) is 6.04 Å². The first kappa shape index (κ1) is 16.5. The van der Waals surface area contributed by atoms with Gasteiger partial charge in [-0.1, -0.05) is 62.8 Å². The van der Waals surface area contributed by atoms with Crippen LogP contribution < -0.4 is 0 Å². The summed E-state index contributed by atoms with van der Waals surface area (Å²) in [5.74, 6) is 0.807. The molecule has 0 aliphatic heterocycles. The highest BCUT2D eigenvalue weighted by molar-refractivity contribution is 5.99. The first-order chi connectivity index (χ1) is 11.3. The van der Waals surface area contributed by atoms with Crippen LogP contribution in [0.2, 0.25) is 0 Å². The summed E-state index contributed by atoms with van der Waals surface area (Å²) in [5.41, 5.74) is 2.28. The summed E-state index contributed by atoms with van der Waals surface area (Å²) in [7, 11) is 0. The summed E-state index contributed by atoms with van der Waals surface area (Å²) in [6.45, 7) is 2.11. The van der Waals surface area contributed by atoms with Crippen LogP contribution >= 0.6 is 0 Å². The molecule has 0 atom stereocenters. The predicted octanol–water partition coefficient (Wildman–Crippen LogP) is 5.10. The molecule has 3 heteroatoms. The van der Waals surface area contributed by atoms with Crippen LogP contribution in [-0.2, 0) is 0 Å². The van der Waals surface area contributed by atoms with Gasteiger partial charge in [-0.05, 0) is 38.2 Å². The molecule has 126 valence electrons. The number of benzene rings is 1. The van der Waals surface area contributed by atoms with Crippen molar-refractivity contribution in [3.63, 3.8) is 0 Å². The van der Waals surface area contributed by atoms with Crippen LogP contribution in [0.25, 0.3) is 0 Å². The Hall–Kier alpha value is -1.35. The minimum absolute atomic E-state index is 0.227. The molecule has 1 aromatic rings. The van der Waals surface area contributed by atoms with E-state index in [9.17, 15) is 5.21 Å². The van der Waals surface area contributed by atoms with Gasteiger partial charge >= 0.3 is 0 Å². The molecule has 0 radical (unpaired) electrons. The summed E-state index contributed by atoms with van der Waals surface area (Å²) < 4.78 is 0. The zero-order valence-corrected chi connectivity index (χ0v) is 14.4. The van der Waals surface area contributed by atoms with E-state index in [4.69, 9.17) is 4.99 Å². The SMILES string of the molecule is Cc1ccccc1C(=NC1CCCCC1)N(O)C1CCCCC1. The van der Waals surface area contributed by atoms with Crippen molar-refractivity contribution >= 4 is 5.84 Å². The third-order valence-corrected chi connectivity index (χ3v) is 5.40. The largest absolute Gasteiger partial charge is 0.287 e. The Morgan fingerprint density at radius 3 is 2.22 bits per heavy atom. The Morgan fingerprint density at radius 1 is 0.957 bits per heavy atom. The number of hydrogen-bond donors (Lipinski definition) is 1. The molecule has 3 rings (SSSR count). The standard InChI is InChI=1S/C20H30N2O/c1-16-10-8-9-15-19(16)20(21-17-11-4-2-5-12-17)22(23)18-13-6-3-7-14-18/h8-10,15,17-18,23H,2-7,11-14H2,1H3. The van der Waals surface area contributed by atoms with Crippen LogP contribution in [0.4, 0.5) is 0 Å². The van der Waals surface area contributed by atoms with Crippen LogP contribution in [0.3, 0.4) is 0 Å². The smallest absolute Gasteiger partial charge is 0.155 e. The number of rotatable bonds is 3. The molecule has 2 aliphatic carbocycles. The molecular weight excluding hydrogens is 284 g/mol. The fraction of sp³-hybridized carbons (Fsp3) is 0.650. The van der Waals surface area contributed by atoms with E-state index >= 15 is 0 Å². The molecule has 1 aromatic carbocycles. The first-order valence-corrected chi connectivity index (χ1v) is 9.37. The van der Waals surface area contributed by atoms with E-state index in [-0.39, 0.29) is 6.04 Å². The summed E-state index contributed by atoms with van der Waals surface area (Å²) in [4.78, 5) is 5.03. The van der Waals surface area contributed by atoms with Crippen LogP contribution in [0.5, 0.6) is 0 Å². The Balaban J connectivity index is 1.88.